The summed E-state index contributed by atoms with van der Waals surface area (Å²) >= 11 is 0. The fourth-order valence-corrected chi connectivity index (χ4v) is 3.28. The maximum absolute atomic E-state index is 11.3. The molecule has 10 heteroatoms. The van der Waals surface area contributed by atoms with Crippen LogP contribution in [0.2, 0.25) is 0 Å². The van der Waals surface area contributed by atoms with Gasteiger partial charge in [0.2, 0.25) is 0 Å². The molecule has 0 aliphatic heterocycles. The molecule has 0 heterocycles. The summed E-state index contributed by atoms with van der Waals surface area (Å²) in [6.07, 6.45) is 2.71. The SMILES string of the molecule is CCCN(CCN(CCN(CC/C=C(/C)CC(=O)O)CC(=O)O)CC(=O)O)CC(C)O. The quantitative estimate of drug-likeness (QED) is 0.209. The third kappa shape index (κ3) is 17.4. The van der Waals surface area contributed by atoms with Gasteiger partial charge in [0, 0.05) is 39.3 Å². The van der Waals surface area contributed by atoms with Gasteiger partial charge in [-0.1, -0.05) is 18.6 Å². The van der Waals surface area contributed by atoms with Gasteiger partial charge in [-0.05, 0) is 33.2 Å². The summed E-state index contributed by atoms with van der Waals surface area (Å²) in [7, 11) is 0. The number of carbonyl (C=O) groups is 3. The molecule has 0 amide bonds. The molecule has 0 aromatic carbocycles. The molecule has 0 aromatic heterocycles. The lowest BCUT2D eigenvalue weighted by Crippen LogP contribution is -2.44. The van der Waals surface area contributed by atoms with E-state index in [9.17, 15) is 24.6 Å². The summed E-state index contributed by atoms with van der Waals surface area (Å²) < 4.78 is 0. The molecule has 1 atom stereocenters. The van der Waals surface area contributed by atoms with Crippen molar-refractivity contribution in [3.8, 4) is 0 Å². The first kappa shape index (κ1) is 29.0. The molecule has 0 fully saturated rings. The lowest BCUT2D eigenvalue weighted by molar-refractivity contribution is -0.140. The monoisotopic (exact) mass is 445 g/mol. The molecule has 0 saturated carbocycles. The molecule has 0 spiro atoms. The first-order valence-electron chi connectivity index (χ1n) is 10.7. The number of hydrogen-bond acceptors (Lipinski definition) is 7. The van der Waals surface area contributed by atoms with E-state index in [1.165, 1.54) is 0 Å². The highest BCUT2D eigenvalue weighted by molar-refractivity contribution is 5.70. The van der Waals surface area contributed by atoms with Gasteiger partial charge in [0.15, 0.2) is 0 Å². The van der Waals surface area contributed by atoms with E-state index in [2.05, 4.69) is 4.90 Å². The highest BCUT2D eigenvalue weighted by atomic mass is 16.4. The van der Waals surface area contributed by atoms with Gasteiger partial charge in [0.25, 0.3) is 0 Å². The van der Waals surface area contributed by atoms with Crippen molar-refractivity contribution in [3.05, 3.63) is 11.6 Å². The molecule has 0 aliphatic rings. The molecule has 0 radical (unpaired) electrons. The van der Waals surface area contributed by atoms with Crippen molar-refractivity contribution in [2.75, 3.05) is 58.9 Å². The minimum atomic E-state index is -0.970. The van der Waals surface area contributed by atoms with Gasteiger partial charge < -0.3 is 20.4 Å². The lowest BCUT2D eigenvalue weighted by atomic mass is 10.2. The van der Waals surface area contributed by atoms with Gasteiger partial charge in [-0.2, -0.15) is 0 Å². The predicted molar refractivity (Wildman–Crippen MR) is 117 cm³/mol. The summed E-state index contributed by atoms with van der Waals surface area (Å²) in [5.74, 6) is -2.83. The summed E-state index contributed by atoms with van der Waals surface area (Å²) in [5.41, 5.74) is 0.712. The Morgan fingerprint density at radius 3 is 1.71 bits per heavy atom. The number of rotatable bonds is 19. The fourth-order valence-electron chi connectivity index (χ4n) is 3.28. The van der Waals surface area contributed by atoms with Crippen molar-refractivity contribution in [1.29, 1.82) is 0 Å². The number of aliphatic hydroxyl groups excluding tert-OH is 1. The Morgan fingerprint density at radius 1 is 0.806 bits per heavy atom. The van der Waals surface area contributed by atoms with Gasteiger partial charge in [-0.25, -0.2) is 0 Å². The molecule has 0 rings (SSSR count). The highest BCUT2D eigenvalue weighted by Gasteiger charge is 2.16. The average molecular weight is 446 g/mol. The number of carboxylic acid groups (broad SMARTS) is 3. The van der Waals surface area contributed by atoms with Crippen LogP contribution >= 0.6 is 0 Å². The number of hydrogen-bond donors (Lipinski definition) is 4. The van der Waals surface area contributed by atoms with Gasteiger partial charge in [-0.3, -0.25) is 29.1 Å². The second-order valence-corrected chi connectivity index (χ2v) is 7.90. The van der Waals surface area contributed by atoms with Crippen molar-refractivity contribution in [2.24, 2.45) is 0 Å². The second kappa shape index (κ2) is 16.7. The van der Waals surface area contributed by atoms with E-state index < -0.39 is 24.0 Å². The number of aliphatic carboxylic acids is 3. The van der Waals surface area contributed by atoms with Crippen molar-refractivity contribution >= 4 is 17.9 Å². The van der Waals surface area contributed by atoms with E-state index in [4.69, 9.17) is 10.2 Å². The highest BCUT2D eigenvalue weighted by Crippen LogP contribution is 2.04. The van der Waals surface area contributed by atoms with E-state index in [0.717, 1.165) is 13.0 Å². The minimum absolute atomic E-state index is 0.0496. The Labute approximate surface area is 184 Å². The Kier molecular flexibility index (Phi) is 15.6. The largest absolute Gasteiger partial charge is 0.481 e. The fraction of sp³-hybridized carbons (Fsp3) is 0.762. The van der Waals surface area contributed by atoms with Gasteiger partial charge >= 0.3 is 17.9 Å². The Balaban J connectivity index is 4.85. The van der Waals surface area contributed by atoms with Crippen LogP contribution < -0.4 is 0 Å². The zero-order valence-corrected chi connectivity index (χ0v) is 19.0. The van der Waals surface area contributed by atoms with Gasteiger partial charge in [0.05, 0.1) is 25.6 Å². The molecule has 4 N–H and O–H groups in total. The third-order valence-electron chi connectivity index (χ3n) is 4.61. The topological polar surface area (TPSA) is 142 Å². The lowest BCUT2D eigenvalue weighted by Gasteiger charge is -2.29. The van der Waals surface area contributed by atoms with E-state index >= 15 is 0 Å². The molecule has 1 unspecified atom stereocenters. The van der Waals surface area contributed by atoms with Gasteiger partial charge in [0.1, 0.15) is 0 Å². The van der Waals surface area contributed by atoms with E-state index in [-0.39, 0.29) is 19.5 Å². The zero-order valence-electron chi connectivity index (χ0n) is 19.0. The zero-order chi connectivity index (χ0) is 23.8. The molecular formula is C21H39N3O7. The summed E-state index contributed by atoms with van der Waals surface area (Å²) in [6.45, 7) is 8.81. The third-order valence-corrected chi connectivity index (χ3v) is 4.61. The summed E-state index contributed by atoms with van der Waals surface area (Å²) in [6, 6.07) is 0. The first-order chi connectivity index (χ1) is 14.5. The molecule has 0 bridgehead atoms. The van der Waals surface area contributed by atoms with Gasteiger partial charge in [-0.15, -0.1) is 0 Å². The van der Waals surface area contributed by atoms with E-state index in [0.29, 0.717) is 51.3 Å². The van der Waals surface area contributed by atoms with Crippen LogP contribution in [0.25, 0.3) is 0 Å². The molecular weight excluding hydrogens is 406 g/mol. The summed E-state index contributed by atoms with van der Waals surface area (Å²) in [4.78, 5) is 38.8. The average Bonchev–Trinajstić information content (AvgIpc) is 2.61. The van der Waals surface area contributed by atoms with Crippen molar-refractivity contribution in [3.63, 3.8) is 0 Å². The van der Waals surface area contributed by atoms with E-state index in [1.807, 2.05) is 6.92 Å². The molecule has 10 nitrogen and oxygen atoms in total. The van der Waals surface area contributed by atoms with Crippen LogP contribution in [0.1, 0.15) is 40.0 Å². The maximum atomic E-state index is 11.3. The first-order valence-corrected chi connectivity index (χ1v) is 10.7. The standard InChI is InChI=1S/C21H39N3O7/c1-4-7-22(14-18(3)25)9-11-24(16-21(30)31)12-10-23(15-20(28)29)8-5-6-17(2)13-19(26)27/h6,18,25H,4-5,7-16H2,1-3H3,(H,26,27)(H,28,29)(H,30,31)/b17-6-. The molecule has 0 aromatic rings. The van der Waals surface area contributed by atoms with Crippen LogP contribution in [0.5, 0.6) is 0 Å². The minimum Gasteiger partial charge on any atom is -0.481 e. The van der Waals surface area contributed by atoms with Crippen molar-refractivity contribution < 1.29 is 34.8 Å². The van der Waals surface area contributed by atoms with Crippen LogP contribution in [0.15, 0.2) is 11.6 Å². The second-order valence-electron chi connectivity index (χ2n) is 7.90. The maximum Gasteiger partial charge on any atom is 0.317 e. The van der Waals surface area contributed by atoms with Crippen LogP contribution in [-0.2, 0) is 14.4 Å². The van der Waals surface area contributed by atoms with Crippen LogP contribution in [0.4, 0.5) is 0 Å². The predicted octanol–water partition coefficient (Wildman–Crippen LogP) is 0.664. The normalized spacial score (nSPS) is 13.2. The molecule has 180 valence electrons. The smallest absolute Gasteiger partial charge is 0.317 e. The van der Waals surface area contributed by atoms with Crippen LogP contribution in [0, 0.1) is 0 Å². The van der Waals surface area contributed by atoms with E-state index in [1.54, 1.807) is 29.7 Å². The Morgan fingerprint density at radius 2 is 1.29 bits per heavy atom. The molecule has 0 aliphatic carbocycles. The number of nitrogens with zero attached hydrogens (tertiary/aromatic N) is 3. The number of aliphatic hydroxyl groups is 1. The van der Waals surface area contributed by atoms with Crippen molar-refractivity contribution in [2.45, 2.75) is 46.1 Å². The van der Waals surface area contributed by atoms with Crippen molar-refractivity contribution in [1.82, 2.24) is 14.7 Å². The summed E-state index contributed by atoms with van der Waals surface area (Å²) in [5, 5.41) is 36.8. The Bertz CT molecular complexity index is 581. The van der Waals surface area contributed by atoms with Crippen LogP contribution in [-0.4, -0.2) is 118 Å². The molecule has 31 heavy (non-hydrogen) atoms. The Hall–Kier alpha value is -2.01. The van der Waals surface area contributed by atoms with Crippen LogP contribution in [0.3, 0.4) is 0 Å². The molecule has 0 saturated heterocycles. The number of carboxylic acids is 3.